The Balaban J connectivity index is 1.66. The van der Waals surface area contributed by atoms with Crippen LogP contribution < -0.4 is 0 Å². The number of thioether (sulfide) groups is 1. The van der Waals surface area contributed by atoms with Crippen LogP contribution in [0.25, 0.3) is 11.0 Å². The zero-order valence-corrected chi connectivity index (χ0v) is 18.2. The zero-order chi connectivity index (χ0) is 20.5. The van der Waals surface area contributed by atoms with Gasteiger partial charge in [0, 0.05) is 34.9 Å². The van der Waals surface area contributed by atoms with Crippen LogP contribution >= 0.6 is 23.4 Å². The Hall–Kier alpha value is -2.38. The molecule has 1 amide bonds. The molecular formula is C21H22ClN5OS. The summed E-state index contributed by atoms with van der Waals surface area (Å²) in [6, 6.07) is 7.75. The molecule has 0 radical (unpaired) electrons. The van der Waals surface area contributed by atoms with Crippen LogP contribution in [0, 0.1) is 6.92 Å². The number of aromatic nitrogens is 3. The van der Waals surface area contributed by atoms with Crippen LogP contribution in [0.15, 0.2) is 41.7 Å². The molecule has 0 N–H and O–H groups in total. The fraction of sp³-hybridized carbons (Fsp3) is 0.333. The van der Waals surface area contributed by atoms with Crippen molar-refractivity contribution in [3.63, 3.8) is 0 Å². The second-order valence-corrected chi connectivity index (χ2v) is 8.78. The first-order chi connectivity index (χ1) is 13.9. The van der Waals surface area contributed by atoms with E-state index in [9.17, 15) is 4.79 Å². The quantitative estimate of drug-likeness (QED) is 0.573. The molecule has 0 spiro atoms. The second kappa shape index (κ2) is 8.16. The van der Waals surface area contributed by atoms with Gasteiger partial charge in [0.2, 0.25) is 0 Å². The number of amidine groups is 1. The number of carbonyl (C=O) groups excluding carboxylic acids is 1. The first-order valence-corrected chi connectivity index (χ1v) is 10.9. The van der Waals surface area contributed by atoms with E-state index in [2.05, 4.69) is 23.9 Å². The van der Waals surface area contributed by atoms with Crippen molar-refractivity contribution in [2.45, 2.75) is 33.2 Å². The number of aliphatic imine (C=N–C) groups is 1. The lowest BCUT2D eigenvalue weighted by Crippen LogP contribution is -2.39. The maximum absolute atomic E-state index is 13.2. The van der Waals surface area contributed by atoms with Crippen molar-refractivity contribution < 1.29 is 4.79 Å². The van der Waals surface area contributed by atoms with Crippen LogP contribution in [0.4, 0.5) is 5.69 Å². The van der Waals surface area contributed by atoms with E-state index in [0.717, 1.165) is 34.5 Å². The Morgan fingerprint density at radius 2 is 2.10 bits per heavy atom. The number of aryl methyl sites for hydroxylation is 1. The van der Waals surface area contributed by atoms with Gasteiger partial charge >= 0.3 is 0 Å². The molecule has 3 aromatic rings. The average molecular weight is 428 g/mol. The van der Waals surface area contributed by atoms with Crippen molar-refractivity contribution in [1.82, 2.24) is 19.7 Å². The van der Waals surface area contributed by atoms with Crippen molar-refractivity contribution in [1.29, 1.82) is 0 Å². The minimum Gasteiger partial charge on any atom is -0.287 e. The molecule has 3 heterocycles. The van der Waals surface area contributed by atoms with E-state index in [0.29, 0.717) is 22.3 Å². The number of amides is 1. The topological polar surface area (TPSA) is 63.4 Å². The van der Waals surface area contributed by atoms with Crippen LogP contribution in [0.1, 0.15) is 42.2 Å². The molecule has 0 unspecified atom stereocenters. The number of hydrogen-bond acceptors (Lipinski definition) is 5. The fourth-order valence-electron chi connectivity index (χ4n) is 3.19. The predicted octanol–water partition coefficient (Wildman–Crippen LogP) is 5.24. The highest BCUT2D eigenvalue weighted by Gasteiger charge is 2.25. The van der Waals surface area contributed by atoms with E-state index in [1.165, 1.54) is 0 Å². The van der Waals surface area contributed by atoms with Gasteiger partial charge in [-0.2, -0.15) is 5.10 Å². The van der Waals surface area contributed by atoms with Gasteiger partial charge in [-0.05, 0) is 51.0 Å². The third-order valence-electron chi connectivity index (χ3n) is 4.78. The Bertz CT molecular complexity index is 1110. The van der Waals surface area contributed by atoms with Gasteiger partial charge in [-0.1, -0.05) is 29.4 Å². The maximum atomic E-state index is 13.2. The largest absolute Gasteiger partial charge is 0.287 e. The Morgan fingerprint density at radius 1 is 1.28 bits per heavy atom. The zero-order valence-electron chi connectivity index (χ0n) is 16.6. The summed E-state index contributed by atoms with van der Waals surface area (Å²) in [6.07, 6.45) is 4.31. The number of benzene rings is 1. The summed E-state index contributed by atoms with van der Waals surface area (Å²) in [5.74, 6) is 0.835. The molecule has 2 aromatic heterocycles. The van der Waals surface area contributed by atoms with E-state index in [1.807, 2.05) is 35.9 Å². The molecule has 0 aliphatic carbocycles. The van der Waals surface area contributed by atoms with E-state index in [4.69, 9.17) is 16.6 Å². The number of halogens is 1. The van der Waals surface area contributed by atoms with Crippen molar-refractivity contribution in [3.8, 4) is 0 Å². The molecule has 1 saturated heterocycles. The van der Waals surface area contributed by atoms with Gasteiger partial charge in [-0.3, -0.25) is 9.69 Å². The van der Waals surface area contributed by atoms with Crippen LogP contribution in [0.2, 0.25) is 5.02 Å². The lowest BCUT2D eigenvalue weighted by Gasteiger charge is -2.27. The minimum atomic E-state index is -0.0964. The summed E-state index contributed by atoms with van der Waals surface area (Å²) in [5.41, 5.74) is 3.07. The number of hydrogen-bond donors (Lipinski definition) is 0. The summed E-state index contributed by atoms with van der Waals surface area (Å²) in [6.45, 7) is 6.69. The fourth-order valence-corrected chi connectivity index (χ4v) is 4.32. The molecule has 29 heavy (non-hydrogen) atoms. The standard InChI is InChI=1S/C21H22ClN5OS/c1-13(2)27-19-15(12-24-27)9-16(11-23-19)20(28)26-7-4-8-29-21(26)25-17-6-5-14(3)18(22)10-17/h5-6,9-13H,4,7-8H2,1-3H3. The second-order valence-electron chi connectivity index (χ2n) is 7.31. The van der Waals surface area contributed by atoms with E-state index < -0.39 is 0 Å². The van der Waals surface area contributed by atoms with Gasteiger partial charge in [-0.15, -0.1) is 0 Å². The third kappa shape index (κ3) is 4.02. The lowest BCUT2D eigenvalue weighted by molar-refractivity contribution is 0.0849. The molecule has 8 heteroatoms. The van der Waals surface area contributed by atoms with Crippen LogP contribution in [0.3, 0.4) is 0 Å². The molecule has 0 bridgehead atoms. The first-order valence-electron chi connectivity index (χ1n) is 9.57. The highest BCUT2D eigenvalue weighted by Crippen LogP contribution is 2.27. The monoisotopic (exact) mass is 427 g/mol. The van der Waals surface area contributed by atoms with Crippen molar-refractivity contribution in [2.24, 2.45) is 4.99 Å². The number of pyridine rings is 1. The molecule has 1 fully saturated rings. The number of rotatable bonds is 3. The molecule has 0 saturated carbocycles. The first kappa shape index (κ1) is 19.9. The summed E-state index contributed by atoms with van der Waals surface area (Å²) in [5, 5.41) is 6.60. The number of carbonyl (C=O) groups is 1. The van der Waals surface area contributed by atoms with E-state index in [-0.39, 0.29) is 11.9 Å². The molecule has 4 rings (SSSR count). The summed E-state index contributed by atoms with van der Waals surface area (Å²) in [7, 11) is 0. The Morgan fingerprint density at radius 3 is 2.86 bits per heavy atom. The van der Waals surface area contributed by atoms with E-state index >= 15 is 0 Å². The molecule has 0 atom stereocenters. The summed E-state index contributed by atoms with van der Waals surface area (Å²) in [4.78, 5) is 24.2. The van der Waals surface area contributed by atoms with E-state index in [1.54, 1.807) is 29.1 Å². The smallest absolute Gasteiger partial charge is 0.261 e. The minimum absolute atomic E-state index is 0.0964. The van der Waals surface area contributed by atoms with Gasteiger partial charge in [0.1, 0.15) is 0 Å². The number of fused-ring (bicyclic) bond motifs is 1. The van der Waals surface area contributed by atoms with Gasteiger partial charge in [0.05, 0.1) is 17.4 Å². The molecule has 6 nitrogen and oxygen atoms in total. The van der Waals surface area contributed by atoms with Crippen molar-refractivity contribution in [3.05, 3.63) is 52.8 Å². The van der Waals surface area contributed by atoms with Crippen LogP contribution in [-0.4, -0.2) is 43.0 Å². The third-order valence-corrected chi connectivity index (χ3v) is 6.25. The molecule has 150 valence electrons. The molecule has 1 aliphatic heterocycles. The van der Waals surface area contributed by atoms with Crippen LogP contribution in [-0.2, 0) is 0 Å². The van der Waals surface area contributed by atoms with Gasteiger partial charge in [0.15, 0.2) is 10.8 Å². The molecule has 1 aromatic carbocycles. The van der Waals surface area contributed by atoms with Gasteiger partial charge in [0.25, 0.3) is 5.91 Å². The molecular weight excluding hydrogens is 406 g/mol. The van der Waals surface area contributed by atoms with Gasteiger partial charge < -0.3 is 0 Å². The average Bonchev–Trinajstić information content (AvgIpc) is 3.14. The SMILES string of the molecule is Cc1ccc(N=C2SCCCN2C(=O)c2cnc3c(cnn3C(C)C)c2)cc1Cl. The normalized spacial score (nSPS) is 16.2. The Kier molecular flexibility index (Phi) is 5.61. The summed E-state index contributed by atoms with van der Waals surface area (Å²) < 4.78 is 1.86. The highest BCUT2D eigenvalue weighted by atomic mass is 35.5. The summed E-state index contributed by atoms with van der Waals surface area (Å²) >= 11 is 7.82. The maximum Gasteiger partial charge on any atom is 0.261 e. The van der Waals surface area contributed by atoms with Crippen molar-refractivity contribution >= 4 is 51.2 Å². The molecule has 1 aliphatic rings. The van der Waals surface area contributed by atoms with Crippen LogP contribution in [0.5, 0.6) is 0 Å². The lowest BCUT2D eigenvalue weighted by atomic mass is 10.2. The number of nitrogens with zero attached hydrogens (tertiary/aromatic N) is 5. The highest BCUT2D eigenvalue weighted by molar-refractivity contribution is 8.13. The Labute approximate surface area is 179 Å². The van der Waals surface area contributed by atoms with Crippen molar-refractivity contribution in [2.75, 3.05) is 12.3 Å². The van der Waals surface area contributed by atoms with Gasteiger partial charge in [-0.25, -0.2) is 14.7 Å². The predicted molar refractivity (Wildman–Crippen MR) is 119 cm³/mol.